The van der Waals surface area contributed by atoms with Gasteiger partial charge in [-0.1, -0.05) is 0 Å². The van der Waals surface area contributed by atoms with Crippen LogP contribution in [0.4, 0.5) is 65.9 Å². The van der Waals surface area contributed by atoms with Gasteiger partial charge in [-0.3, -0.25) is 4.39 Å². The Morgan fingerprint density at radius 2 is 0.583 bits per heavy atom. The molecule has 0 amide bonds. The Morgan fingerprint density at radius 3 is 0.833 bits per heavy atom. The van der Waals surface area contributed by atoms with Crippen LogP contribution in [0.15, 0.2) is 0 Å². The van der Waals surface area contributed by atoms with Gasteiger partial charge >= 0.3 is 29.6 Å². The molecule has 15 heteroatoms. The van der Waals surface area contributed by atoms with Crippen molar-refractivity contribution in [2.24, 2.45) is 0 Å². The second-order valence-electron chi connectivity index (χ2n) is 5.05. The van der Waals surface area contributed by atoms with Crippen LogP contribution in [0.1, 0.15) is 0 Å². The highest BCUT2D eigenvalue weighted by atomic mass is 19.4. The van der Waals surface area contributed by atoms with Crippen LogP contribution in [0.5, 0.6) is 0 Å². The summed E-state index contributed by atoms with van der Waals surface area (Å²) in [7, 11) is 0. The third kappa shape index (κ3) is 1.30. The van der Waals surface area contributed by atoms with Gasteiger partial charge in [0, 0.05) is 0 Å². The zero-order valence-electron chi connectivity index (χ0n) is 10.2. The average molecular weight is 393 g/mol. The zero-order valence-corrected chi connectivity index (χ0v) is 10.2. The van der Waals surface area contributed by atoms with Gasteiger partial charge in [0.2, 0.25) is 11.8 Å². The smallest absolute Gasteiger partial charge is 0.265 e. The summed E-state index contributed by atoms with van der Waals surface area (Å²) >= 11 is 0. The van der Waals surface area contributed by atoms with Crippen LogP contribution in [-0.2, 0) is 0 Å². The van der Waals surface area contributed by atoms with Crippen molar-refractivity contribution >= 4 is 0 Å². The summed E-state index contributed by atoms with van der Waals surface area (Å²) < 4.78 is 194. The standard InChI is InChI=1S/C9F15/c10-2(5(15,16)9(23,24)6(2,17)18)1-3(11,12)7(19,20)8(21,22)4(1,13)14/q-1. The van der Waals surface area contributed by atoms with Crippen LogP contribution in [0.25, 0.3) is 0 Å². The van der Waals surface area contributed by atoms with Crippen LogP contribution in [-0.4, -0.2) is 47.1 Å². The van der Waals surface area contributed by atoms with E-state index >= 15 is 0 Å². The predicted molar refractivity (Wildman–Crippen MR) is 41.7 cm³/mol. The Balaban J connectivity index is 2.81. The fraction of sp³-hybridized carbons (Fsp3) is 0.889. The molecule has 0 bridgehead atoms. The summed E-state index contributed by atoms with van der Waals surface area (Å²) in [4.78, 5) is 0. The van der Waals surface area contributed by atoms with Gasteiger partial charge in [0.05, 0.1) is 0 Å². The van der Waals surface area contributed by atoms with E-state index in [0.29, 0.717) is 0 Å². The second-order valence-corrected chi connectivity index (χ2v) is 5.05. The number of hydrogen-bond donors (Lipinski definition) is 0. The maximum atomic E-state index is 13.7. The van der Waals surface area contributed by atoms with Crippen molar-refractivity contribution in [3.8, 4) is 0 Å². The summed E-state index contributed by atoms with van der Waals surface area (Å²) in [6.45, 7) is 0. The van der Waals surface area contributed by atoms with Crippen molar-refractivity contribution in [1.82, 2.24) is 0 Å². The molecule has 2 saturated carbocycles. The van der Waals surface area contributed by atoms with Crippen molar-refractivity contribution < 1.29 is 65.9 Å². The number of rotatable bonds is 1. The maximum Gasteiger partial charge on any atom is 0.373 e. The molecule has 0 atom stereocenters. The van der Waals surface area contributed by atoms with Crippen LogP contribution in [0.3, 0.4) is 0 Å². The van der Waals surface area contributed by atoms with Crippen LogP contribution in [0.2, 0.25) is 0 Å². The van der Waals surface area contributed by atoms with Gasteiger partial charge in [-0.25, -0.2) is 17.6 Å². The summed E-state index contributed by atoms with van der Waals surface area (Å²) in [5.41, 5.74) is -7.15. The molecule has 24 heavy (non-hydrogen) atoms. The summed E-state index contributed by atoms with van der Waals surface area (Å²) in [5, 5.41) is 0. The lowest BCUT2D eigenvalue weighted by Gasteiger charge is -2.64. The first kappa shape index (κ1) is 19.3. The van der Waals surface area contributed by atoms with Gasteiger partial charge < -0.3 is 0 Å². The fourth-order valence-corrected chi connectivity index (χ4v) is 2.42. The minimum Gasteiger partial charge on any atom is -0.265 e. The summed E-state index contributed by atoms with van der Waals surface area (Å²) in [6, 6.07) is 0. The molecule has 2 aliphatic carbocycles. The molecule has 2 rings (SSSR count). The van der Waals surface area contributed by atoms with E-state index in [1.807, 2.05) is 0 Å². The van der Waals surface area contributed by atoms with E-state index in [4.69, 9.17) is 0 Å². The Hall–Kier alpha value is -1.05. The molecular weight excluding hydrogens is 393 g/mol. The Labute approximate surface area is 120 Å². The molecule has 0 nitrogen and oxygen atoms in total. The Morgan fingerprint density at radius 1 is 0.333 bits per heavy atom. The summed E-state index contributed by atoms with van der Waals surface area (Å²) in [6.07, 6.45) is 0. The first-order chi connectivity index (χ1) is 10.1. The van der Waals surface area contributed by atoms with E-state index in [1.54, 1.807) is 0 Å². The highest BCUT2D eigenvalue weighted by molar-refractivity contribution is 5.49. The van der Waals surface area contributed by atoms with E-state index in [2.05, 4.69) is 0 Å². The van der Waals surface area contributed by atoms with Gasteiger partial charge in [-0.15, -0.1) is 5.92 Å². The minimum atomic E-state index is -7.31. The van der Waals surface area contributed by atoms with Crippen molar-refractivity contribution in [2.45, 2.75) is 47.1 Å². The monoisotopic (exact) mass is 393 g/mol. The highest BCUT2D eigenvalue weighted by Gasteiger charge is 3.02. The lowest BCUT2D eigenvalue weighted by Crippen LogP contribution is -2.88. The van der Waals surface area contributed by atoms with Gasteiger partial charge in [0.1, 0.15) is 5.67 Å². The minimum absolute atomic E-state index is 5.00. The molecule has 0 unspecified atom stereocenters. The lowest BCUT2D eigenvalue weighted by molar-refractivity contribution is -0.476. The zero-order chi connectivity index (χ0) is 19.6. The quantitative estimate of drug-likeness (QED) is 0.446. The van der Waals surface area contributed by atoms with Gasteiger partial charge in [0.25, 0.3) is 0 Å². The molecular formula is C9F15-. The van der Waals surface area contributed by atoms with E-state index in [1.165, 1.54) is 0 Å². The topological polar surface area (TPSA) is 0 Å². The molecule has 0 heterocycles. The molecule has 2 fully saturated rings. The molecule has 0 saturated heterocycles. The van der Waals surface area contributed by atoms with Crippen molar-refractivity contribution in [1.29, 1.82) is 0 Å². The average Bonchev–Trinajstić information content (AvgIpc) is 2.41. The molecule has 2 aliphatic rings. The number of halogens is 15. The molecule has 0 aromatic rings. The second kappa shape index (κ2) is 3.86. The van der Waals surface area contributed by atoms with E-state index in [0.717, 1.165) is 0 Å². The van der Waals surface area contributed by atoms with Gasteiger partial charge in [-0.2, -0.15) is 43.9 Å². The Bertz CT molecular complexity index is 527. The number of hydrogen-bond acceptors (Lipinski definition) is 0. The normalized spacial score (nSPS) is 36.1. The van der Waals surface area contributed by atoms with Crippen LogP contribution < -0.4 is 0 Å². The maximum absolute atomic E-state index is 13.7. The van der Waals surface area contributed by atoms with E-state index in [9.17, 15) is 65.9 Å². The SMILES string of the molecule is FC1(F)[C-](C2(F)C(F)(F)C(F)(F)C2(F)F)C(F)(F)C(F)(F)C1(F)F. The third-order valence-corrected chi connectivity index (χ3v) is 3.81. The largest absolute Gasteiger partial charge is 0.373 e. The van der Waals surface area contributed by atoms with E-state index in [-0.39, 0.29) is 0 Å². The summed E-state index contributed by atoms with van der Waals surface area (Å²) in [5.74, 6) is -55.3. The molecule has 0 spiro atoms. The Kier molecular flexibility index (Phi) is 3.10. The first-order valence-corrected chi connectivity index (χ1v) is 5.33. The molecule has 0 aromatic heterocycles. The van der Waals surface area contributed by atoms with Gasteiger partial charge in [0.15, 0.2) is 0 Å². The van der Waals surface area contributed by atoms with Gasteiger partial charge in [-0.05, 0) is 0 Å². The molecule has 0 aliphatic heterocycles. The molecule has 0 aromatic carbocycles. The third-order valence-electron chi connectivity index (χ3n) is 3.81. The van der Waals surface area contributed by atoms with Crippen molar-refractivity contribution in [3.05, 3.63) is 5.92 Å². The molecule has 0 N–H and O–H groups in total. The van der Waals surface area contributed by atoms with Crippen LogP contribution in [0, 0.1) is 5.92 Å². The highest BCUT2D eigenvalue weighted by Crippen LogP contribution is 2.80. The van der Waals surface area contributed by atoms with Crippen molar-refractivity contribution in [2.75, 3.05) is 0 Å². The van der Waals surface area contributed by atoms with E-state index < -0.39 is 53.0 Å². The lowest BCUT2D eigenvalue weighted by atomic mass is 9.60. The van der Waals surface area contributed by atoms with Crippen molar-refractivity contribution in [3.63, 3.8) is 0 Å². The fourth-order valence-electron chi connectivity index (χ4n) is 2.42. The molecule has 142 valence electrons. The predicted octanol–water partition coefficient (Wildman–Crippen LogP) is 4.74. The van der Waals surface area contributed by atoms with Crippen LogP contribution >= 0.6 is 0 Å². The number of alkyl halides is 15. The molecule has 0 radical (unpaired) electrons. The first-order valence-electron chi connectivity index (χ1n) is 5.33.